The van der Waals surface area contributed by atoms with Crippen molar-refractivity contribution in [3.05, 3.63) is 98.4 Å². The summed E-state index contributed by atoms with van der Waals surface area (Å²) in [5.41, 5.74) is 4.44. The molecule has 32 heavy (non-hydrogen) atoms. The zero-order chi connectivity index (χ0) is 20.9. The van der Waals surface area contributed by atoms with Crippen LogP contribution in [0.2, 0.25) is 0 Å². The lowest BCUT2D eigenvalue weighted by Gasteiger charge is -2.17. The van der Waals surface area contributed by atoms with Gasteiger partial charge < -0.3 is 15.1 Å². The van der Waals surface area contributed by atoms with Crippen molar-refractivity contribution >= 4 is 30.7 Å². The Morgan fingerprint density at radius 2 is 1.91 bits per heavy atom. The highest BCUT2D eigenvalue weighted by atomic mass is 35.5. The molecule has 0 aliphatic carbocycles. The van der Waals surface area contributed by atoms with E-state index in [4.69, 9.17) is 4.42 Å². The molecule has 1 aromatic carbocycles. The van der Waals surface area contributed by atoms with Crippen LogP contribution in [0.1, 0.15) is 44.1 Å². The van der Waals surface area contributed by atoms with Gasteiger partial charge in [0.25, 0.3) is 5.91 Å². The van der Waals surface area contributed by atoms with Crippen molar-refractivity contribution in [2.24, 2.45) is 0 Å². The van der Waals surface area contributed by atoms with Gasteiger partial charge in [-0.3, -0.25) is 9.78 Å². The molecule has 0 saturated carbocycles. The number of carbonyl (C=O) groups is 1. The second kappa shape index (κ2) is 11.8. The Balaban J connectivity index is 0.00000181. The number of amides is 1. The second-order valence-corrected chi connectivity index (χ2v) is 7.60. The monoisotopic (exact) mass is 475 g/mol. The minimum Gasteiger partial charge on any atom is -0.427 e. The number of aryl methyl sites for hydroxylation is 3. The molecule has 0 spiro atoms. The number of fused-ring (bicyclic) bond motifs is 1. The summed E-state index contributed by atoms with van der Waals surface area (Å²) in [7, 11) is 0. The third-order valence-electron chi connectivity index (χ3n) is 5.35. The molecular formula is C24H27Cl2N3O3. The van der Waals surface area contributed by atoms with Gasteiger partial charge in [0.15, 0.2) is 0 Å². The van der Waals surface area contributed by atoms with Gasteiger partial charge in [0.05, 0.1) is 0 Å². The third kappa shape index (κ3) is 6.19. The van der Waals surface area contributed by atoms with Crippen molar-refractivity contribution in [1.29, 1.82) is 0 Å². The highest BCUT2D eigenvalue weighted by Gasteiger charge is 2.17. The SMILES string of the molecule is Cc1cc(CCc2ccccc2)oc(=O)c1C(=O)NCc1cnc2c(c1)CNCC2.Cl.Cl. The van der Waals surface area contributed by atoms with Crippen LogP contribution in [0.25, 0.3) is 0 Å². The molecule has 0 atom stereocenters. The van der Waals surface area contributed by atoms with Crippen LogP contribution in [-0.4, -0.2) is 17.4 Å². The van der Waals surface area contributed by atoms with Gasteiger partial charge in [-0.2, -0.15) is 0 Å². The number of nitrogens with zero attached hydrogens (tertiary/aromatic N) is 1. The zero-order valence-electron chi connectivity index (χ0n) is 17.8. The van der Waals surface area contributed by atoms with Gasteiger partial charge >= 0.3 is 5.63 Å². The third-order valence-corrected chi connectivity index (χ3v) is 5.35. The number of hydrogen-bond acceptors (Lipinski definition) is 5. The minimum atomic E-state index is -0.594. The average Bonchev–Trinajstić information content (AvgIpc) is 2.76. The lowest BCUT2D eigenvalue weighted by Crippen LogP contribution is -2.30. The van der Waals surface area contributed by atoms with Crippen molar-refractivity contribution in [3.8, 4) is 0 Å². The number of carbonyl (C=O) groups excluding carboxylic acids is 1. The molecule has 0 bridgehead atoms. The molecule has 8 heteroatoms. The van der Waals surface area contributed by atoms with Gasteiger partial charge in [0, 0.05) is 44.4 Å². The molecule has 4 rings (SSSR count). The van der Waals surface area contributed by atoms with Crippen LogP contribution in [0.4, 0.5) is 0 Å². The van der Waals surface area contributed by atoms with E-state index in [1.54, 1.807) is 19.2 Å². The van der Waals surface area contributed by atoms with Crippen molar-refractivity contribution in [1.82, 2.24) is 15.6 Å². The maximum atomic E-state index is 12.6. The van der Waals surface area contributed by atoms with E-state index < -0.39 is 11.5 Å². The fourth-order valence-corrected chi connectivity index (χ4v) is 3.74. The Labute approximate surface area is 199 Å². The van der Waals surface area contributed by atoms with Crippen LogP contribution < -0.4 is 16.3 Å². The summed E-state index contributed by atoms with van der Waals surface area (Å²) in [5.74, 6) is 0.163. The van der Waals surface area contributed by atoms with E-state index in [1.165, 1.54) is 5.56 Å². The molecule has 0 unspecified atom stereocenters. The Kier molecular flexibility index (Phi) is 9.44. The van der Waals surface area contributed by atoms with Crippen molar-refractivity contribution in [3.63, 3.8) is 0 Å². The Bertz CT molecular complexity index is 1120. The molecule has 1 aliphatic heterocycles. The van der Waals surface area contributed by atoms with E-state index in [-0.39, 0.29) is 30.4 Å². The van der Waals surface area contributed by atoms with Gasteiger partial charge in [-0.1, -0.05) is 30.3 Å². The van der Waals surface area contributed by atoms with Gasteiger partial charge in [-0.15, -0.1) is 24.8 Å². The molecule has 6 nitrogen and oxygen atoms in total. The van der Waals surface area contributed by atoms with Gasteiger partial charge in [-0.05, 0) is 47.7 Å². The fraction of sp³-hybridized carbons (Fsp3) is 0.292. The predicted molar refractivity (Wildman–Crippen MR) is 129 cm³/mol. The summed E-state index contributed by atoms with van der Waals surface area (Å²) in [6.45, 7) is 3.81. The summed E-state index contributed by atoms with van der Waals surface area (Å²) >= 11 is 0. The zero-order valence-corrected chi connectivity index (χ0v) is 19.5. The average molecular weight is 476 g/mol. The maximum absolute atomic E-state index is 12.6. The molecule has 170 valence electrons. The first kappa shape index (κ1) is 25.6. The molecule has 0 radical (unpaired) electrons. The van der Waals surface area contributed by atoms with Crippen LogP contribution >= 0.6 is 24.8 Å². The van der Waals surface area contributed by atoms with E-state index in [9.17, 15) is 9.59 Å². The minimum absolute atomic E-state index is 0. The summed E-state index contributed by atoms with van der Waals surface area (Å²) in [4.78, 5) is 29.6. The highest BCUT2D eigenvalue weighted by Crippen LogP contribution is 2.14. The molecule has 3 aromatic rings. The van der Waals surface area contributed by atoms with Crippen LogP contribution in [0.3, 0.4) is 0 Å². The second-order valence-electron chi connectivity index (χ2n) is 7.60. The standard InChI is InChI=1S/C24H25N3O3.2ClH/c1-16-11-20(8-7-17-5-3-2-4-6-17)30-24(29)22(16)23(28)27-14-18-12-19-15-25-10-9-21(19)26-13-18;;/h2-6,11-13,25H,7-10,14-15H2,1H3,(H,27,28);2*1H. The number of aromatic nitrogens is 1. The van der Waals surface area contributed by atoms with Gasteiger partial charge in [0.1, 0.15) is 11.3 Å². The topological polar surface area (TPSA) is 84.2 Å². The first-order valence-corrected chi connectivity index (χ1v) is 10.2. The van der Waals surface area contributed by atoms with E-state index in [1.807, 2.05) is 30.3 Å². The van der Waals surface area contributed by atoms with Crippen molar-refractivity contribution < 1.29 is 9.21 Å². The predicted octanol–water partition coefficient (Wildman–Crippen LogP) is 3.55. The van der Waals surface area contributed by atoms with Crippen molar-refractivity contribution in [2.75, 3.05) is 6.54 Å². The molecule has 3 heterocycles. The number of pyridine rings is 1. The fourth-order valence-electron chi connectivity index (χ4n) is 3.74. The first-order chi connectivity index (χ1) is 14.6. The Morgan fingerprint density at radius 3 is 2.66 bits per heavy atom. The smallest absolute Gasteiger partial charge is 0.349 e. The number of halogens is 2. The molecule has 2 N–H and O–H groups in total. The Hall–Kier alpha value is -2.67. The quantitative estimate of drug-likeness (QED) is 0.569. The highest BCUT2D eigenvalue weighted by molar-refractivity contribution is 5.95. The lowest BCUT2D eigenvalue weighted by atomic mass is 10.0. The first-order valence-electron chi connectivity index (χ1n) is 10.2. The molecule has 1 aliphatic rings. The number of nitrogens with one attached hydrogen (secondary N) is 2. The normalized spacial score (nSPS) is 12.2. The van der Waals surface area contributed by atoms with E-state index >= 15 is 0 Å². The number of rotatable bonds is 6. The number of hydrogen-bond donors (Lipinski definition) is 2. The van der Waals surface area contributed by atoms with Gasteiger partial charge in [0.2, 0.25) is 0 Å². The van der Waals surface area contributed by atoms with Crippen LogP contribution in [0, 0.1) is 6.92 Å². The summed E-state index contributed by atoms with van der Waals surface area (Å²) < 4.78 is 5.42. The van der Waals surface area contributed by atoms with Gasteiger partial charge in [-0.25, -0.2) is 4.79 Å². The van der Waals surface area contributed by atoms with Crippen molar-refractivity contribution in [2.45, 2.75) is 39.3 Å². The van der Waals surface area contributed by atoms with E-state index in [0.29, 0.717) is 24.3 Å². The van der Waals surface area contributed by atoms with E-state index in [0.717, 1.165) is 42.8 Å². The lowest BCUT2D eigenvalue weighted by molar-refractivity contribution is 0.0945. The molecular weight excluding hydrogens is 449 g/mol. The molecule has 0 fully saturated rings. The summed E-state index contributed by atoms with van der Waals surface area (Å²) in [6.07, 6.45) is 4.08. The molecule has 0 saturated heterocycles. The number of benzene rings is 1. The summed E-state index contributed by atoms with van der Waals surface area (Å²) in [5, 5.41) is 6.14. The molecule has 1 amide bonds. The van der Waals surface area contributed by atoms with Crippen LogP contribution in [0.5, 0.6) is 0 Å². The van der Waals surface area contributed by atoms with Crippen LogP contribution in [0.15, 0.2) is 57.9 Å². The summed E-state index contributed by atoms with van der Waals surface area (Å²) in [6, 6.07) is 13.9. The largest absolute Gasteiger partial charge is 0.427 e. The van der Waals surface area contributed by atoms with E-state index in [2.05, 4.69) is 21.7 Å². The Morgan fingerprint density at radius 1 is 1.12 bits per heavy atom. The maximum Gasteiger partial charge on any atom is 0.349 e. The molecule has 2 aromatic heterocycles. The van der Waals surface area contributed by atoms with Crippen LogP contribution in [-0.2, 0) is 32.4 Å².